The number of carbonyl (C=O) groups excluding carboxylic acids is 2. The zero-order valence-corrected chi connectivity index (χ0v) is 20.6. The first kappa shape index (κ1) is 25.3. The molecule has 1 unspecified atom stereocenters. The number of amides is 1. The van der Waals surface area contributed by atoms with E-state index in [-0.39, 0.29) is 24.3 Å². The van der Waals surface area contributed by atoms with Crippen LogP contribution in [0.3, 0.4) is 0 Å². The lowest BCUT2D eigenvalue weighted by Gasteiger charge is -2.36. The zero-order valence-electron chi connectivity index (χ0n) is 20.6. The number of hydrogen-bond donors (Lipinski definition) is 0. The Morgan fingerprint density at radius 1 is 1.18 bits per heavy atom. The maximum atomic E-state index is 13.3. The van der Waals surface area contributed by atoms with E-state index in [2.05, 4.69) is 13.0 Å². The largest absolute Gasteiger partial charge is 0.489 e. The predicted molar refractivity (Wildman–Crippen MR) is 130 cm³/mol. The highest BCUT2D eigenvalue weighted by molar-refractivity contribution is 5.97. The summed E-state index contributed by atoms with van der Waals surface area (Å²) in [6.07, 6.45) is 3.66. The molecule has 180 valence electrons. The third kappa shape index (κ3) is 6.84. The second-order valence-electron chi connectivity index (χ2n) is 9.75. The van der Waals surface area contributed by atoms with Crippen molar-refractivity contribution < 1.29 is 19.1 Å². The van der Waals surface area contributed by atoms with Gasteiger partial charge in [0.1, 0.15) is 18.0 Å². The molecule has 3 rings (SSSR count). The van der Waals surface area contributed by atoms with Crippen molar-refractivity contribution >= 4 is 11.9 Å². The molecule has 0 N–H and O–H groups in total. The molecule has 2 aromatic rings. The number of nitriles is 1. The van der Waals surface area contributed by atoms with E-state index in [1.165, 1.54) is 0 Å². The summed E-state index contributed by atoms with van der Waals surface area (Å²) < 4.78 is 11.5. The lowest BCUT2D eigenvalue weighted by Crippen LogP contribution is -2.46. The summed E-state index contributed by atoms with van der Waals surface area (Å²) in [5.74, 6) is 0.406. The van der Waals surface area contributed by atoms with Crippen LogP contribution in [-0.2, 0) is 22.6 Å². The molecular weight excluding hydrogens is 428 g/mol. The topological polar surface area (TPSA) is 79.6 Å². The van der Waals surface area contributed by atoms with Crippen molar-refractivity contribution in [1.82, 2.24) is 4.90 Å². The molecule has 0 radical (unpaired) electrons. The molecule has 0 aliphatic carbocycles. The molecule has 0 spiro atoms. The Morgan fingerprint density at radius 3 is 2.56 bits per heavy atom. The van der Waals surface area contributed by atoms with Crippen LogP contribution in [0.25, 0.3) is 0 Å². The molecular formula is C28H34N2O4. The van der Waals surface area contributed by atoms with Gasteiger partial charge in [0.2, 0.25) is 0 Å². The first-order chi connectivity index (χ1) is 16.2. The Kier molecular flexibility index (Phi) is 8.33. The van der Waals surface area contributed by atoms with Gasteiger partial charge < -0.3 is 14.4 Å². The van der Waals surface area contributed by atoms with Gasteiger partial charge in [-0.05, 0) is 75.1 Å². The molecule has 1 aliphatic heterocycles. The van der Waals surface area contributed by atoms with E-state index < -0.39 is 5.60 Å². The van der Waals surface area contributed by atoms with Gasteiger partial charge in [0.05, 0.1) is 18.1 Å². The van der Waals surface area contributed by atoms with Gasteiger partial charge in [0.15, 0.2) is 0 Å². The van der Waals surface area contributed by atoms with E-state index in [0.29, 0.717) is 36.4 Å². The monoisotopic (exact) mass is 462 g/mol. The van der Waals surface area contributed by atoms with Crippen LogP contribution in [-0.4, -0.2) is 35.0 Å². The van der Waals surface area contributed by atoms with Gasteiger partial charge in [0, 0.05) is 18.2 Å². The third-order valence-corrected chi connectivity index (χ3v) is 5.83. The van der Waals surface area contributed by atoms with Crippen LogP contribution in [0.5, 0.6) is 5.75 Å². The van der Waals surface area contributed by atoms with Crippen molar-refractivity contribution in [2.45, 2.75) is 78.0 Å². The fourth-order valence-electron chi connectivity index (χ4n) is 4.15. The van der Waals surface area contributed by atoms with Crippen molar-refractivity contribution in [2.75, 3.05) is 6.54 Å². The van der Waals surface area contributed by atoms with Gasteiger partial charge in [-0.2, -0.15) is 5.26 Å². The van der Waals surface area contributed by atoms with Crippen molar-refractivity contribution in [3.05, 3.63) is 64.7 Å². The quantitative estimate of drug-likeness (QED) is 0.465. The van der Waals surface area contributed by atoms with Crippen LogP contribution in [0.2, 0.25) is 0 Å². The van der Waals surface area contributed by atoms with Crippen LogP contribution < -0.4 is 4.74 Å². The van der Waals surface area contributed by atoms with Crippen LogP contribution in [0.15, 0.2) is 42.5 Å². The van der Waals surface area contributed by atoms with Crippen molar-refractivity contribution in [3.8, 4) is 11.8 Å². The Morgan fingerprint density at radius 2 is 1.91 bits per heavy atom. The molecule has 0 saturated heterocycles. The fourth-order valence-corrected chi connectivity index (χ4v) is 4.15. The number of fused-ring (bicyclic) bond motifs is 1. The minimum Gasteiger partial charge on any atom is -0.489 e. The average Bonchev–Trinajstić information content (AvgIpc) is 2.80. The van der Waals surface area contributed by atoms with Gasteiger partial charge in [-0.15, -0.1) is 0 Å². The maximum Gasteiger partial charge on any atom is 0.308 e. The Hall–Kier alpha value is -3.33. The molecule has 1 aliphatic rings. The van der Waals surface area contributed by atoms with Crippen LogP contribution in [0.1, 0.15) is 80.4 Å². The SMILES string of the molecule is CCCCC(CC(=O)OC(C)(C)C)N1CCc2cc(OCc3ccc(C#N)cc3)ccc2C1=O. The molecule has 0 saturated carbocycles. The smallest absolute Gasteiger partial charge is 0.308 e. The number of rotatable bonds is 9. The standard InChI is InChI=1S/C28H34N2O4/c1-5-6-7-23(17-26(31)34-28(2,3)4)30-15-14-22-16-24(12-13-25(22)27(30)32)33-19-21-10-8-20(18-29)9-11-21/h8-13,16,23H,5-7,14-15,17,19H2,1-4H3. The maximum absolute atomic E-state index is 13.3. The van der Waals surface area contributed by atoms with Gasteiger partial charge in [0.25, 0.3) is 5.91 Å². The lowest BCUT2D eigenvalue weighted by molar-refractivity contribution is -0.156. The van der Waals surface area contributed by atoms with Crippen molar-refractivity contribution in [2.24, 2.45) is 0 Å². The van der Waals surface area contributed by atoms with Crippen molar-refractivity contribution in [1.29, 1.82) is 5.26 Å². The normalized spacial score (nSPS) is 14.2. The van der Waals surface area contributed by atoms with Gasteiger partial charge in [-0.1, -0.05) is 31.9 Å². The van der Waals surface area contributed by atoms with E-state index in [1.54, 1.807) is 12.1 Å². The second-order valence-corrected chi connectivity index (χ2v) is 9.75. The summed E-state index contributed by atoms with van der Waals surface area (Å²) in [6.45, 7) is 8.64. The molecule has 34 heavy (non-hydrogen) atoms. The van der Waals surface area contributed by atoms with E-state index >= 15 is 0 Å². The van der Waals surface area contributed by atoms with Gasteiger partial charge in [-0.3, -0.25) is 9.59 Å². The number of nitrogens with zero attached hydrogens (tertiary/aromatic N) is 2. The number of esters is 1. The Bertz CT molecular complexity index is 1050. The van der Waals surface area contributed by atoms with Crippen LogP contribution >= 0.6 is 0 Å². The summed E-state index contributed by atoms with van der Waals surface area (Å²) in [4.78, 5) is 27.7. The van der Waals surface area contributed by atoms with E-state index in [4.69, 9.17) is 14.7 Å². The average molecular weight is 463 g/mol. The first-order valence-corrected chi connectivity index (χ1v) is 12.0. The zero-order chi connectivity index (χ0) is 24.7. The van der Waals surface area contributed by atoms with Crippen molar-refractivity contribution in [3.63, 3.8) is 0 Å². The van der Waals surface area contributed by atoms with E-state index in [0.717, 1.165) is 30.4 Å². The lowest BCUT2D eigenvalue weighted by atomic mass is 9.95. The summed E-state index contributed by atoms with van der Waals surface area (Å²) in [6, 6.07) is 14.8. The summed E-state index contributed by atoms with van der Waals surface area (Å²) in [7, 11) is 0. The minimum absolute atomic E-state index is 0.0374. The second kappa shape index (κ2) is 11.2. The van der Waals surface area contributed by atoms with Crippen LogP contribution in [0.4, 0.5) is 0 Å². The summed E-state index contributed by atoms with van der Waals surface area (Å²) >= 11 is 0. The number of unbranched alkanes of at least 4 members (excludes halogenated alkanes) is 1. The molecule has 1 heterocycles. The molecule has 6 nitrogen and oxygen atoms in total. The Labute approximate surface area is 202 Å². The Balaban J connectivity index is 1.68. The molecule has 1 atom stereocenters. The minimum atomic E-state index is -0.543. The molecule has 0 bridgehead atoms. The van der Waals surface area contributed by atoms with Gasteiger partial charge >= 0.3 is 5.97 Å². The highest BCUT2D eigenvalue weighted by atomic mass is 16.6. The van der Waals surface area contributed by atoms with Gasteiger partial charge in [-0.25, -0.2) is 0 Å². The molecule has 0 aromatic heterocycles. The number of hydrogen-bond acceptors (Lipinski definition) is 5. The highest BCUT2D eigenvalue weighted by Gasteiger charge is 2.32. The van der Waals surface area contributed by atoms with E-state index in [9.17, 15) is 9.59 Å². The molecule has 2 aromatic carbocycles. The van der Waals surface area contributed by atoms with Crippen LogP contribution in [0, 0.1) is 11.3 Å². The number of benzene rings is 2. The third-order valence-electron chi connectivity index (χ3n) is 5.83. The highest BCUT2D eigenvalue weighted by Crippen LogP contribution is 2.28. The first-order valence-electron chi connectivity index (χ1n) is 12.0. The van der Waals surface area contributed by atoms with E-state index in [1.807, 2.05) is 56.0 Å². The molecule has 1 amide bonds. The number of ether oxygens (including phenoxy) is 2. The predicted octanol–water partition coefficient (Wildman–Crippen LogP) is 5.43. The summed E-state index contributed by atoms with van der Waals surface area (Å²) in [5.41, 5.74) is 2.68. The number of carbonyl (C=O) groups is 2. The molecule has 0 fully saturated rings. The fraction of sp³-hybridized carbons (Fsp3) is 0.464. The molecule has 6 heteroatoms. The summed E-state index contributed by atoms with van der Waals surface area (Å²) in [5, 5.41) is 8.92.